The Balaban J connectivity index is 1.57. The summed E-state index contributed by atoms with van der Waals surface area (Å²) in [6, 6.07) is 4.49. The Morgan fingerprint density at radius 1 is 1.52 bits per heavy atom. The molecule has 4 nitrogen and oxygen atoms in total. The monoisotopic (exact) mass is 335 g/mol. The fourth-order valence-electron chi connectivity index (χ4n) is 3.20. The largest absolute Gasteiger partial charge is 0.342 e. The summed E-state index contributed by atoms with van der Waals surface area (Å²) in [7, 11) is 0. The van der Waals surface area contributed by atoms with Crippen molar-refractivity contribution in [2.45, 2.75) is 25.7 Å². The lowest BCUT2D eigenvalue weighted by Gasteiger charge is -2.32. The molecule has 2 heterocycles. The van der Waals surface area contributed by atoms with Crippen LogP contribution in [0.4, 0.5) is 4.39 Å². The third-order valence-corrected chi connectivity index (χ3v) is 5.15. The molecule has 1 fully saturated rings. The number of aryl methyl sites for hydroxylation is 1. The summed E-state index contributed by atoms with van der Waals surface area (Å²) in [4.78, 5) is 21.9. The van der Waals surface area contributed by atoms with E-state index in [1.165, 1.54) is 18.6 Å². The minimum atomic E-state index is -0.281. The lowest BCUT2D eigenvalue weighted by atomic mass is 9.99. The number of likely N-dealkylation sites (tertiary alicyclic amines) is 1. The number of carbonyl (C=O) groups excluding carboxylic acids is 1. The Labute approximate surface area is 139 Å². The molecule has 0 unspecified atom stereocenters. The number of benzene rings is 1. The molecule has 3 rings (SSSR count). The molecule has 0 saturated carbocycles. The second kappa shape index (κ2) is 7.34. The first-order valence-electron chi connectivity index (χ1n) is 8.06. The minimum absolute atomic E-state index is 0.197. The van der Waals surface area contributed by atoms with Crippen molar-refractivity contribution < 1.29 is 9.18 Å². The number of hydrogen-bond acceptors (Lipinski definition) is 3. The van der Waals surface area contributed by atoms with Crippen LogP contribution in [0, 0.1) is 11.7 Å². The van der Waals surface area contributed by atoms with E-state index in [4.69, 9.17) is 0 Å². The summed E-state index contributed by atoms with van der Waals surface area (Å²) in [5.74, 6) is 2.41. The van der Waals surface area contributed by atoms with Crippen molar-refractivity contribution in [3.05, 3.63) is 29.8 Å². The third-order valence-electron chi connectivity index (χ3n) is 4.34. The van der Waals surface area contributed by atoms with Crippen LogP contribution in [0.3, 0.4) is 0 Å². The molecule has 6 heteroatoms. The second-order valence-corrected chi connectivity index (χ2v) is 7.06. The van der Waals surface area contributed by atoms with Crippen molar-refractivity contribution in [3.63, 3.8) is 0 Å². The van der Waals surface area contributed by atoms with Crippen LogP contribution >= 0.6 is 11.8 Å². The van der Waals surface area contributed by atoms with Crippen LogP contribution in [0.2, 0.25) is 0 Å². The smallest absolute Gasteiger partial charge is 0.223 e. The molecular weight excluding hydrogens is 313 g/mol. The van der Waals surface area contributed by atoms with Gasteiger partial charge in [0.2, 0.25) is 5.91 Å². The Morgan fingerprint density at radius 3 is 3.22 bits per heavy atom. The predicted molar refractivity (Wildman–Crippen MR) is 92.1 cm³/mol. The van der Waals surface area contributed by atoms with Gasteiger partial charge in [-0.3, -0.25) is 4.79 Å². The summed E-state index contributed by atoms with van der Waals surface area (Å²) >= 11 is 1.85. The number of H-pyrrole nitrogens is 1. The van der Waals surface area contributed by atoms with Crippen molar-refractivity contribution in [1.82, 2.24) is 14.9 Å². The maximum atomic E-state index is 13.2. The Morgan fingerprint density at radius 2 is 2.39 bits per heavy atom. The van der Waals surface area contributed by atoms with Crippen molar-refractivity contribution in [3.8, 4) is 0 Å². The molecule has 0 bridgehead atoms. The minimum Gasteiger partial charge on any atom is -0.342 e. The topological polar surface area (TPSA) is 49.0 Å². The van der Waals surface area contributed by atoms with Crippen LogP contribution in [0.25, 0.3) is 11.0 Å². The maximum Gasteiger partial charge on any atom is 0.223 e. The highest BCUT2D eigenvalue weighted by atomic mass is 32.2. The van der Waals surface area contributed by atoms with Crippen LogP contribution in [-0.4, -0.2) is 45.9 Å². The van der Waals surface area contributed by atoms with Gasteiger partial charge in [0, 0.05) is 25.9 Å². The fraction of sp³-hybridized carbons (Fsp3) is 0.529. The van der Waals surface area contributed by atoms with Gasteiger partial charge in [0.25, 0.3) is 0 Å². The molecule has 1 atom stereocenters. The molecule has 2 aromatic rings. The molecule has 1 N–H and O–H groups in total. The molecule has 1 aliphatic heterocycles. The molecule has 1 aromatic heterocycles. The number of aromatic amines is 1. The van der Waals surface area contributed by atoms with Gasteiger partial charge in [-0.2, -0.15) is 11.8 Å². The summed E-state index contributed by atoms with van der Waals surface area (Å²) < 4.78 is 13.2. The molecular formula is C17H22FN3OS. The predicted octanol–water partition coefficient (Wildman–Crippen LogP) is 3.24. The van der Waals surface area contributed by atoms with Crippen LogP contribution < -0.4 is 0 Å². The lowest BCUT2D eigenvalue weighted by molar-refractivity contribution is -0.132. The number of rotatable bonds is 5. The lowest BCUT2D eigenvalue weighted by Crippen LogP contribution is -2.40. The first-order valence-corrected chi connectivity index (χ1v) is 9.46. The third kappa shape index (κ3) is 4.05. The average Bonchev–Trinajstić information content (AvgIpc) is 2.95. The molecule has 124 valence electrons. The number of piperidine rings is 1. The highest BCUT2D eigenvalue weighted by molar-refractivity contribution is 7.98. The number of thioether (sulfide) groups is 1. The first-order chi connectivity index (χ1) is 11.2. The zero-order valence-electron chi connectivity index (χ0n) is 13.3. The number of amides is 1. The highest BCUT2D eigenvalue weighted by Gasteiger charge is 2.23. The highest BCUT2D eigenvalue weighted by Crippen LogP contribution is 2.21. The number of aromatic nitrogens is 2. The zero-order valence-corrected chi connectivity index (χ0v) is 14.2. The van der Waals surface area contributed by atoms with E-state index in [2.05, 4.69) is 16.2 Å². The van der Waals surface area contributed by atoms with Gasteiger partial charge in [0.1, 0.15) is 11.6 Å². The number of imidazole rings is 1. The maximum absolute atomic E-state index is 13.2. The van der Waals surface area contributed by atoms with Crippen LogP contribution in [0.15, 0.2) is 18.2 Å². The Hall–Kier alpha value is -1.56. The van der Waals surface area contributed by atoms with Crippen molar-refractivity contribution >= 4 is 28.7 Å². The molecule has 1 saturated heterocycles. The summed E-state index contributed by atoms with van der Waals surface area (Å²) in [5, 5.41) is 0. The van der Waals surface area contributed by atoms with E-state index >= 15 is 0 Å². The molecule has 0 aliphatic carbocycles. The van der Waals surface area contributed by atoms with E-state index in [1.807, 2.05) is 16.7 Å². The fourth-order valence-corrected chi connectivity index (χ4v) is 3.94. The van der Waals surface area contributed by atoms with Gasteiger partial charge in [-0.1, -0.05) is 0 Å². The van der Waals surface area contributed by atoms with Gasteiger partial charge in [-0.05, 0) is 49.0 Å². The molecule has 0 radical (unpaired) electrons. The van der Waals surface area contributed by atoms with E-state index in [0.29, 0.717) is 24.3 Å². The van der Waals surface area contributed by atoms with Gasteiger partial charge in [-0.25, -0.2) is 9.37 Å². The van der Waals surface area contributed by atoms with E-state index in [1.54, 1.807) is 6.07 Å². The summed E-state index contributed by atoms with van der Waals surface area (Å²) in [6.07, 6.45) is 5.46. The van der Waals surface area contributed by atoms with Crippen molar-refractivity contribution in [1.29, 1.82) is 0 Å². The van der Waals surface area contributed by atoms with Crippen molar-refractivity contribution in [2.75, 3.05) is 25.1 Å². The summed E-state index contributed by atoms with van der Waals surface area (Å²) in [6.45, 7) is 1.75. The van der Waals surface area contributed by atoms with Crippen LogP contribution in [0.5, 0.6) is 0 Å². The van der Waals surface area contributed by atoms with Crippen LogP contribution in [0.1, 0.15) is 25.1 Å². The van der Waals surface area contributed by atoms with Gasteiger partial charge in [0.05, 0.1) is 11.0 Å². The molecule has 1 aliphatic rings. The van der Waals surface area contributed by atoms with Gasteiger partial charge in [0.15, 0.2) is 0 Å². The van der Waals surface area contributed by atoms with E-state index in [9.17, 15) is 9.18 Å². The number of carbonyl (C=O) groups is 1. The van der Waals surface area contributed by atoms with Crippen molar-refractivity contribution in [2.24, 2.45) is 5.92 Å². The molecule has 1 amide bonds. The van der Waals surface area contributed by atoms with E-state index in [0.717, 1.165) is 36.6 Å². The van der Waals surface area contributed by atoms with E-state index < -0.39 is 0 Å². The average molecular weight is 335 g/mol. The van der Waals surface area contributed by atoms with Gasteiger partial charge in [-0.15, -0.1) is 0 Å². The standard InChI is InChI=1S/C17H22FN3OS/c1-23-11-12-3-2-8-21(10-12)17(22)7-6-16-19-14-5-4-13(18)9-15(14)20-16/h4-5,9,12H,2-3,6-8,10-11H2,1H3,(H,19,20)/t12-/m0/s1. The Bertz CT molecular complexity index is 686. The van der Waals surface area contributed by atoms with E-state index in [-0.39, 0.29) is 11.7 Å². The summed E-state index contributed by atoms with van der Waals surface area (Å²) in [5.41, 5.74) is 1.43. The number of halogens is 1. The number of nitrogens with one attached hydrogen (secondary N) is 1. The van der Waals surface area contributed by atoms with Gasteiger partial charge >= 0.3 is 0 Å². The zero-order chi connectivity index (χ0) is 16.2. The number of hydrogen-bond donors (Lipinski definition) is 1. The normalized spacial score (nSPS) is 18.5. The number of nitrogens with zero attached hydrogens (tertiary/aromatic N) is 2. The molecule has 23 heavy (non-hydrogen) atoms. The number of fused-ring (bicyclic) bond motifs is 1. The van der Waals surface area contributed by atoms with Gasteiger partial charge < -0.3 is 9.88 Å². The molecule has 1 aromatic carbocycles. The quantitative estimate of drug-likeness (QED) is 0.912. The second-order valence-electron chi connectivity index (χ2n) is 6.15. The Kier molecular flexibility index (Phi) is 5.20. The molecule has 0 spiro atoms. The first kappa shape index (κ1) is 16.3. The van der Waals surface area contributed by atoms with Crippen LogP contribution in [-0.2, 0) is 11.2 Å². The SMILES string of the molecule is CSC[C@H]1CCCN(C(=O)CCc2nc3ccc(F)cc3[nH]2)C1.